The lowest BCUT2D eigenvalue weighted by atomic mass is 9.85. The van der Waals surface area contributed by atoms with Crippen LogP contribution in [0.1, 0.15) is 135 Å². The number of allylic oxidation sites excluding steroid dienone is 3. The second-order valence-corrected chi connectivity index (χ2v) is 18.1. The topological polar surface area (TPSA) is 263 Å². The van der Waals surface area contributed by atoms with Crippen LogP contribution < -0.4 is 5.32 Å². The Morgan fingerprint density at radius 3 is 2.07 bits per heavy atom. The molecule has 3 aliphatic rings. The Labute approximate surface area is 422 Å². The second kappa shape index (κ2) is 24.0. The zero-order valence-corrected chi connectivity index (χ0v) is 43.2. The lowest BCUT2D eigenvalue weighted by molar-refractivity contribution is -0.308. The maximum Gasteiger partial charge on any atom is 0.310 e. The van der Waals surface area contributed by atoms with Gasteiger partial charge in [0.15, 0.2) is 24.6 Å². The number of nitrogens with zero attached hydrogens (tertiary/aromatic N) is 2. The van der Waals surface area contributed by atoms with Gasteiger partial charge in [0.25, 0.3) is 5.91 Å². The minimum Gasteiger partial charge on any atom is -0.469 e. The molecule has 0 radical (unpaired) electrons. The Kier molecular flexibility index (Phi) is 18.1. The fourth-order valence-electron chi connectivity index (χ4n) is 9.60. The zero-order chi connectivity index (χ0) is 53.4. The standard InChI is InChI=1S/C53H65N5O15/c1-13-33-25(3)37-21-39-27(5)35(16-17-44(63)66-11)47(57-39)36(20-45(64)67-12)48-46(28(6)40(58-48)23-42-34(14-2)26(4)38(56-42)22-41(33)55-37)52(65)54-18-15-19-68-53-51(72-32(10)62)50(71-31(9)61)49(70-30(8)60)43(73-53)24-69-29(7)59/h13,21-23,27,35,43,49-51,53,56,58H,1,14-20,24H2,2-12H3,(H,54,65)/t27-,35-,43+,49+,50-,51+,53+/m0/s1. The number of carbonyl (C=O) groups is 7. The Morgan fingerprint density at radius 2 is 1.44 bits per heavy atom. The summed E-state index contributed by atoms with van der Waals surface area (Å²) < 4.78 is 44.1. The minimum atomic E-state index is -1.43. The van der Waals surface area contributed by atoms with Crippen LogP contribution in [0.4, 0.5) is 0 Å². The molecule has 0 aromatic carbocycles. The number of fused-ring (bicyclic) bond motifs is 8. The number of hydrogen-bond acceptors (Lipinski definition) is 17. The Bertz CT molecular complexity index is 2880. The van der Waals surface area contributed by atoms with Gasteiger partial charge in [-0.2, -0.15) is 0 Å². The highest BCUT2D eigenvalue weighted by molar-refractivity contribution is 6.06. The normalized spacial score (nSPS) is 20.4. The molecule has 3 aliphatic heterocycles. The highest BCUT2D eigenvalue weighted by Crippen LogP contribution is 2.43. The molecule has 0 unspecified atom stereocenters. The molecule has 8 bridgehead atoms. The maximum atomic E-state index is 14.8. The number of aromatic amines is 2. The van der Waals surface area contributed by atoms with Crippen molar-refractivity contribution in [1.82, 2.24) is 25.3 Å². The summed E-state index contributed by atoms with van der Waals surface area (Å²) in [6.45, 7) is 18.0. The highest BCUT2D eigenvalue weighted by Gasteiger charge is 2.53. The molecule has 1 amide bonds. The van der Waals surface area contributed by atoms with Crippen molar-refractivity contribution in [2.24, 2.45) is 0 Å². The number of methoxy groups -OCH3 is 2. The molecule has 3 aromatic rings. The predicted octanol–water partition coefficient (Wildman–Crippen LogP) is 6.39. The smallest absolute Gasteiger partial charge is 0.310 e. The first-order valence-corrected chi connectivity index (χ1v) is 24.1. The van der Waals surface area contributed by atoms with Gasteiger partial charge in [-0.15, -0.1) is 0 Å². The van der Waals surface area contributed by atoms with E-state index in [0.29, 0.717) is 52.1 Å². The molecule has 392 valence electrons. The maximum absolute atomic E-state index is 14.8. The number of esters is 6. The highest BCUT2D eigenvalue weighted by atomic mass is 16.7. The largest absolute Gasteiger partial charge is 0.469 e. The van der Waals surface area contributed by atoms with E-state index in [0.717, 1.165) is 59.8 Å². The van der Waals surface area contributed by atoms with Crippen LogP contribution in [0.5, 0.6) is 0 Å². The van der Waals surface area contributed by atoms with Crippen molar-refractivity contribution in [2.45, 2.75) is 137 Å². The molecule has 1 fully saturated rings. The molecule has 7 atom stereocenters. The van der Waals surface area contributed by atoms with Gasteiger partial charge in [-0.25, -0.2) is 4.98 Å². The average molecular weight is 1010 g/mol. The Morgan fingerprint density at radius 1 is 0.781 bits per heavy atom. The van der Waals surface area contributed by atoms with Gasteiger partial charge in [0.1, 0.15) is 12.7 Å². The third-order valence-corrected chi connectivity index (χ3v) is 13.2. The van der Waals surface area contributed by atoms with E-state index in [1.807, 2.05) is 39.0 Å². The van der Waals surface area contributed by atoms with Crippen LogP contribution in [0.25, 0.3) is 33.2 Å². The number of aromatic nitrogens is 4. The first-order chi connectivity index (χ1) is 34.7. The number of aryl methyl sites for hydroxylation is 3. The lowest BCUT2D eigenvalue weighted by Crippen LogP contribution is -2.63. The predicted molar refractivity (Wildman–Crippen MR) is 266 cm³/mol. The number of carbonyl (C=O) groups excluding carboxylic acids is 7. The van der Waals surface area contributed by atoms with E-state index >= 15 is 0 Å². The quantitative estimate of drug-likeness (QED) is 0.0708. The second-order valence-electron chi connectivity index (χ2n) is 18.1. The van der Waals surface area contributed by atoms with Gasteiger partial charge >= 0.3 is 35.8 Å². The van der Waals surface area contributed by atoms with Crippen molar-refractivity contribution in [1.29, 1.82) is 0 Å². The van der Waals surface area contributed by atoms with Crippen LogP contribution in [0.15, 0.2) is 30.9 Å². The lowest BCUT2D eigenvalue weighted by Gasteiger charge is -2.44. The fraction of sp³-hybridized carbons (Fsp3) is 0.491. The van der Waals surface area contributed by atoms with Gasteiger partial charge in [0.2, 0.25) is 0 Å². The summed E-state index contributed by atoms with van der Waals surface area (Å²) in [6.07, 6.45) is -4.13. The monoisotopic (exact) mass is 1010 g/mol. The Hall–Kier alpha value is -7.19. The van der Waals surface area contributed by atoms with Crippen LogP contribution in [0.3, 0.4) is 0 Å². The SMILES string of the molecule is C=CC1=C(C)c2cc3nc(c(CC(=O)OC)c4[nH]c(cc5[nH]c(cc1n2)c(C)c5CC)c(C)c4C(=O)NCCCO[C@@H]1O[C@H](COC(C)=O)[C@@H](OC(C)=O)[C@H](OC(C)=O)[C@H]1OC(C)=O)[C@@H](CCC(=O)OC)[C@@H]3C. The average Bonchev–Trinajstić information content (AvgIpc) is 4.02. The number of rotatable bonds is 18. The van der Waals surface area contributed by atoms with Crippen LogP contribution in [0, 0.1) is 13.8 Å². The molecule has 3 aromatic heterocycles. The summed E-state index contributed by atoms with van der Waals surface area (Å²) >= 11 is 0. The summed E-state index contributed by atoms with van der Waals surface area (Å²) in [5.41, 5.74) is 10.1. The third-order valence-electron chi connectivity index (χ3n) is 13.2. The molecule has 0 saturated carbocycles. The van der Waals surface area contributed by atoms with Crippen LogP contribution in [-0.2, 0) is 79.5 Å². The van der Waals surface area contributed by atoms with Crippen molar-refractivity contribution in [3.05, 3.63) is 81.4 Å². The van der Waals surface area contributed by atoms with Crippen molar-refractivity contribution in [2.75, 3.05) is 34.0 Å². The van der Waals surface area contributed by atoms with Crippen molar-refractivity contribution < 1.29 is 71.5 Å². The minimum absolute atomic E-state index is 0.0294. The molecule has 6 heterocycles. The third kappa shape index (κ3) is 12.5. The van der Waals surface area contributed by atoms with E-state index in [2.05, 4.69) is 28.8 Å². The van der Waals surface area contributed by atoms with Crippen molar-refractivity contribution >= 4 is 74.9 Å². The Balaban J connectivity index is 1.45. The van der Waals surface area contributed by atoms with Crippen LogP contribution in [0.2, 0.25) is 0 Å². The van der Waals surface area contributed by atoms with Crippen molar-refractivity contribution in [3.8, 4) is 0 Å². The first kappa shape index (κ1) is 55.1. The molecule has 73 heavy (non-hydrogen) atoms. The fourth-order valence-corrected chi connectivity index (χ4v) is 9.60. The molecular weight excluding hydrogens is 947 g/mol. The van der Waals surface area contributed by atoms with Gasteiger partial charge in [0, 0.05) is 85.9 Å². The number of hydrogen-bond donors (Lipinski definition) is 3. The summed E-state index contributed by atoms with van der Waals surface area (Å²) in [4.78, 5) is 107. The number of H-pyrrole nitrogens is 2. The number of amides is 1. The summed E-state index contributed by atoms with van der Waals surface area (Å²) in [5.74, 6) is -5.21. The van der Waals surface area contributed by atoms with E-state index < -0.39 is 85.0 Å². The van der Waals surface area contributed by atoms with E-state index in [-0.39, 0.29) is 43.9 Å². The van der Waals surface area contributed by atoms with Gasteiger partial charge in [-0.1, -0.05) is 26.5 Å². The van der Waals surface area contributed by atoms with Crippen LogP contribution >= 0.6 is 0 Å². The van der Waals surface area contributed by atoms with E-state index in [4.69, 9.17) is 47.9 Å². The molecule has 20 heteroatoms. The number of nitrogens with one attached hydrogen (secondary N) is 3. The summed E-state index contributed by atoms with van der Waals surface area (Å²) in [7, 11) is 2.60. The summed E-state index contributed by atoms with van der Waals surface area (Å²) in [5, 5.41) is 2.99. The molecular formula is C53H65N5O15. The number of ether oxygens (including phenoxy) is 8. The van der Waals surface area contributed by atoms with Gasteiger partial charge < -0.3 is 53.2 Å². The van der Waals surface area contributed by atoms with Gasteiger partial charge in [0.05, 0.1) is 55.4 Å². The molecule has 3 N–H and O–H groups in total. The first-order valence-electron chi connectivity index (χ1n) is 24.1. The summed E-state index contributed by atoms with van der Waals surface area (Å²) in [6, 6.07) is 5.86. The van der Waals surface area contributed by atoms with Gasteiger partial charge in [-0.3, -0.25) is 38.5 Å². The van der Waals surface area contributed by atoms with E-state index in [1.165, 1.54) is 21.1 Å². The van der Waals surface area contributed by atoms with E-state index in [1.54, 1.807) is 13.0 Å². The van der Waals surface area contributed by atoms with Gasteiger partial charge in [-0.05, 0) is 80.5 Å². The van der Waals surface area contributed by atoms with Crippen LogP contribution in [-0.4, -0.2) is 126 Å². The van der Waals surface area contributed by atoms with E-state index in [9.17, 15) is 33.6 Å². The molecule has 0 spiro atoms. The molecule has 0 aliphatic carbocycles. The molecule has 1 saturated heterocycles. The van der Waals surface area contributed by atoms with Crippen molar-refractivity contribution in [3.63, 3.8) is 0 Å². The zero-order valence-electron chi connectivity index (χ0n) is 43.2. The molecule has 6 rings (SSSR count). The molecule has 20 nitrogen and oxygen atoms in total.